The summed E-state index contributed by atoms with van der Waals surface area (Å²) >= 11 is 0. The minimum absolute atomic E-state index is 0.0764. The first-order valence-corrected chi connectivity index (χ1v) is 8.70. The van der Waals surface area contributed by atoms with Crippen molar-refractivity contribution in [3.05, 3.63) is 35.7 Å². The van der Waals surface area contributed by atoms with Gasteiger partial charge in [-0.15, -0.1) is 0 Å². The number of hydrogen-bond donors (Lipinski definition) is 1. The zero-order chi connectivity index (χ0) is 19.2. The monoisotopic (exact) mass is 373 g/mol. The van der Waals surface area contributed by atoms with Gasteiger partial charge < -0.3 is 24.8 Å². The maximum atomic E-state index is 12.2. The number of ether oxygens (including phenoxy) is 3. The van der Waals surface area contributed by atoms with Crippen molar-refractivity contribution in [2.45, 2.75) is 25.6 Å². The van der Waals surface area contributed by atoms with Crippen molar-refractivity contribution in [2.75, 3.05) is 37.9 Å². The van der Waals surface area contributed by atoms with Crippen molar-refractivity contribution in [1.82, 2.24) is 15.0 Å². The van der Waals surface area contributed by atoms with Crippen LogP contribution in [0.5, 0.6) is 5.75 Å². The number of carbonyl (C=O) groups excluding carboxylic acids is 1. The minimum Gasteiger partial charge on any atom is -0.491 e. The predicted molar refractivity (Wildman–Crippen MR) is 98.6 cm³/mol. The number of hydrogen-bond acceptors (Lipinski definition) is 9. The number of anilines is 2. The molecule has 3 rings (SSSR count). The van der Waals surface area contributed by atoms with Crippen molar-refractivity contribution >= 4 is 17.9 Å². The van der Waals surface area contributed by atoms with Gasteiger partial charge in [0.05, 0.1) is 11.7 Å². The van der Waals surface area contributed by atoms with E-state index in [1.807, 2.05) is 0 Å². The van der Waals surface area contributed by atoms with E-state index >= 15 is 0 Å². The molecule has 0 spiro atoms. The van der Waals surface area contributed by atoms with Crippen LogP contribution in [0.25, 0.3) is 0 Å². The highest BCUT2D eigenvalue weighted by Crippen LogP contribution is 2.17. The van der Waals surface area contributed by atoms with E-state index in [4.69, 9.17) is 19.9 Å². The van der Waals surface area contributed by atoms with E-state index in [0.717, 1.165) is 19.4 Å². The van der Waals surface area contributed by atoms with Crippen molar-refractivity contribution in [3.8, 4) is 5.75 Å². The fourth-order valence-corrected chi connectivity index (χ4v) is 2.56. The summed E-state index contributed by atoms with van der Waals surface area (Å²) < 4.78 is 16.5. The summed E-state index contributed by atoms with van der Waals surface area (Å²) in [6, 6.07) is 6.77. The molecule has 2 N–H and O–H groups in total. The zero-order valence-electron chi connectivity index (χ0n) is 15.4. The van der Waals surface area contributed by atoms with Gasteiger partial charge in [0.25, 0.3) is 0 Å². The van der Waals surface area contributed by atoms with Crippen LogP contribution in [0.15, 0.2) is 24.3 Å². The smallest absolute Gasteiger partial charge is 0.338 e. The molecule has 2 heterocycles. The molecule has 9 heteroatoms. The van der Waals surface area contributed by atoms with Crippen LogP contribution in [0.2, 0.25) is 0 Å². The molecule has 0 radical (unpaired) electrons. The van der Waals surface area contributed by atoms with Crippen molar-refractivity contribution in [3.63, 3.8) is 0 Å². The molecule has 0 saturated carbocycles. The molecule has 1 aliphatic heterocycles. The molecule has 1 atom stereocenters. The second-order valence-electron chi connectivity index (χ2n) is 6.35. The van der Waals surface area contributed by atoms with Crippen molar-refractivity contribution in [2.24, 2.45) is 0 Å². The first-order chi connectivity index (χ1) is 13.0. The Morgan fingerprint density at radius 1 is 1.26 bits per heavy atom. The van der Waals surface area contributed by atoms with Crippen LogP contribution in [0.4, 0.5) is 11.9 Å². The Morgan fingerprint density at radius 3 is 2.70 bits per heavy atom. The standard InChI is InChI=1S/C18H23N5O4/c1-23(2)18-21-15(20-17(19)22-18)11-27-16(24)12-5-7-13(8-6-12)26-10-14-4-3-9-25-14/h5-8,14H,3-4,9-11H2,1-2H3,(H2,19,20,21,22). The Bertz CT molecular complexity index is 776. The highest BCUT2D eigenvalue weighted by atomic mass is 16.5. The average Bonchev–Trinajstić information content (AvgIpc) is 3.18. The molecule has 1 aromatic carbocycles. The summed E-state index contributed by atoms with van der Waals surface area (Å²) in [7, 11) is 3.57. The molecular weight excluding hydrogens is 350 g/mol. The maximum Gasteiger partial charge on any atom is 0.338 e. The van der Waals surface area contributed by atoms with Gasteiger partial charge in [0.2, 0.25) is 11.9 Å². The summed E-state index contributed by atoms with van der Waals surface area (Å²) in [5.41, 5.74) is 6.06. The Balaban J connectivity index is 1.53. The molecule has 144 valence electrons. The van der Waals surface area contributed by atoms with E-state index in [1.165, 1.54) is 0 Å². The van der Waals surface area contributed by atoms with Gasteiger partial charge in [-0.2, -0.15) is 15.0 Å². The van der Waals surface area contributed by atoms with Crippen LogP contribution in [-0.4, -0.2) is 54.3 Å². The molecule has 27 heavy (non-hydrogen) atoms. The summed E-state index contributed by atoms with van der Waals surface area (Å²) in [4.78, 5) is 26.1. The van der Waals surface area contributed by atoms with Crippen molar-refractivity contribution in [1.29, 1.82) is 0 Å². The second kappa shape index (κ2) is 8.63. The largest absolute Gasteiger partial charge is 0.491 e. The van der Waals surface area contributed by atoms with Gasteiger partial charge in [-0.25, -0.2) is 4.79 Å². The third kappa shape index (κ3) is 5.27. The molecule has 1 saturated heterocycles. The Hall–Kier alpha value is -2.94. The lowest BCUT2D eigenvalue weighted by molar-refractivity contribution is 0.0461. The summed E-state index contributed by atoms with van der Waals surface area (Å²) in [5, 5.41) is 0. The lowest BCUT2D eigenvalue weighted by Crippen LogP contribution is -2.17. The van der Waals surface area contributed by atoms with Gasteiger partial charge in [-0.05, 0) is 37.1 Å². The van der Waals surface area contributed by atoms with Gasteiger partial charge in [0, 0.05) is 20.7 Å². The van der Waals surface area contributed by atoms with E-state index in [9.17, 15) is 4.79 Å². The molecule has 1 unspecified atom stereocenters. The maximum absolute atomic E-state index is 12.2. The van der Waals surface area contributed by atoms with Crippen LogP contribution in [0, 0.1) is 0 Å². The Morgan fingerprint density at radius 2 is 2.04 bits per heavy atom. The summed E-state index contributed by atoms with van der Waals surface area (Å²) in [5.74, 6) is 0.971. The van der Waals surface area contributed by atoms with Gasteiger partial charge >= 0.3 is 5.97 Å². The lowest BCUT2D eigenvalue weighted by Gasteiger charge is -2.12. The first kappa shape index (κ1) is 18.8. The fourth-order valence-electron chi connectivity index (χ4n) is 2.56. The third-order valence-electron chi connectivity index (χ3n) is 3.97. The number of esters is 1. The molecule has 2 aromatic rings. The summed E-state index contributed by atoms with van der Waals surface area (Å²) in [6.07, 6.45) is 2.23. The molecule has 1 aliphatic rings. The van der Waals surface area contributed by atoms with Gasteiger partial charge in [-0.3, -0.25) is 0 Å². The number of carbonyl (C=O) groups is 1. The molecule has 9 nitrogen and oxygen atoms in total. The van der Waals surface area contributed by atoms with Gasteiger partial charge in [0.1, 0.15) is 12.4 Å². The van der Waals surface area contributed by atoms with E-state index in [2.05, 4.69) is 15.0 Å². The molecule has 1 aromatic heterocycles. The quantitative estimate of drug-likeness (QED) is 0.720. The summed E-state index contributed by atoms with van der Waals surface area (Å²) in [6.45, 7) is 1.21. The third-order valence-corrected chi connectivity index (χ3v) is 3.97. The van der Waals surface area contributed by atoms with E-state index in [1.54, 1.807) is 43.3 Å². The van der Waals surface area contributed by atoms with E-state index in [-0.39, 0.29) is 24.5 Å². The number of benzene rings is 1. The topological polar surface area (TPSA) is 113 Å². The van der Waals surface area contributed by atoms with Crippen molar-refractivity contribution < 1.29 is 19.0 Å². The van der Waals surface area contributed by atoms with Crippen LogP contribution < -0.4 is 15.4 Å². The minimum atomic E-state index is -0.480. The lowest BCUT2D eigenvalue weighted by atomic mass is 10.2. The molecular formula is C18H23N5O4. The van der Waals surface area contributed by atoms with Crippen LogP contribution in [0.3, 0.4) is 0 Å². The number of nitrogen functional groups attached to an aromatic ring is 1. The van der Waals surface area contributed by atoms with Crippen LogP contribution in [0.1, 0.15) is 29.0 Å². The molecule has 0 bridgehead atoms. The Labute approximate surface area is 157 Å². The highest BCUT2D eigenvalue weighted by molar-refractivity contribution is 5.89. The molecule has 0 aliphatic carbocycles. The van der Waals surface area contributed by atoms with Gasteiger partial charge in [0.15, 0.2) is 12.4 Å². The number of nitrogens with two attached hydrogens (primary N) is 1. The number of aromatic nitrogens is 3. The van der Waals surface area contributed by atoms with Crippen LogP contribution >= 0.6 is 0 Å². The fraction of sp³-hybridized carbons (Fsp3) is 0.444. The van der Waals surface area contributed by atoms with E-state index in [0.29, 0.717) is 23.9 Å². The number of rotatable bonds is 7. The second-order valence-corrected chi connectivity index (χ2v) is 6.35. The zero-order valence-corrected chi connectivity index (χ0v) is 15.4. The predicted octanol–water partition coefficient (Wildman–Crippen LogP) is 1.43. The normalized spacial score (nSPS) is 16.1. The number of nitrogens with zero attached hydrogens (tertiary/aromatic N) is 4. The molecule has 1 fully saturated rings. The highest BCUT2D eigenvalue weighted by Gasteiger charge is 2.16. The average molecular weight is 373 g/mol. The molecule has 0 amide bonds. The Kier molecular flexibility index (Phi) is 6.02. The van der Waals surface area contributed by atoms with Crippen LogP contribution in [-0.2, 0) is 16.1 Å². The SMILES string of the molecule is CN(C)c1nc(N)nc(COC(=O)c2ccc(OCC3CCCO3)cc2)n1. The first-order valence-electron chi connectivity index (χ1n) is 8.70. The van der Waals surface area contributed by atoms with E-state index < -0.39 is 5.97 Å². The van der Waals surface area contributed by atoms with Gasteiger partial charge in [-0.1, -0.05) is 0 Å².